The molecule has 9 nitrogen and oxygen atoms in total. The first-order valence-corrected chi connectivity index (χ1v) is 3.86. The Morgan fingerprint density at radius 2 is 2.00 bits per heavy atom. The van der Waals surface area contributed by atoms with Gasteiger partial charge in [0.1, 0.15) is 6.29 Å². The molecule has 1 aliphatic rings. The third-order valence-corrected chi connectivity index (χ3v) is 1.06. The lowest BCUT2D eigenvalue weighted by molar-refractivity contribution is -0.120. The molecule has 0 aromatic rings. The molecule has 0 aliphatic carbocycles. The van der Waals surface area contributed by atoms with Crippen LogP contribution in [0.5, 0.6) is 0 Å². The Kier molecular flexibility index (Phi) is 5.06. The summed E-state index contributed by atoms with van der Waals surface area (Å²) in [5, 5.41) is 21.3. The van der Waals surface area contributed by atoms with Gasteiger partial charge < -0.3 is 26.6 Å². The summed E-state index contributed by atoms with van der Waals surface area (Å²) < 4.78 is 0. The van der Waals surface area contributed by atoms with Crippen LogP contribution in [0.3, 0.4) is 0 Å². The molecule has 0 aromatic carbocycles. The monoisotopic (exact) mass is 220 g/mol. The van der Waals surface area contributed by atoms with Crippen molar-refractivity contribution in [3.8, 4) is 0 Å². The van der Waals surface area contributed by atoms with E-state index in [1.165, 1.54) is 6.92 Å². The molecule has 0 spiro atoms. The van der Waals surface area contributed by atoms with Gasteiger partial charge in [-0.25, -0.2) is 9.59 Å². The van der Waals surface area contributed by atoms with Crippen molar-refractivity contribution < 1.29 is 24.6 Å². The molecule has 1 heterocycles. The van der Waals surface area contributed by atoms with Crippen LogP contribution in [-0.4, -0.2) is 40.6 Å². The van der Waals surface area contributed by atoms with Gasteiger partial charge in [0, 0.05) is 0 Å². The largest absolute Gasteiger partial charge is 0.368 e. The average molecular weight is 220 g/mol. The van der Waals surface area contributed by atoms with Gasteiger partial charge in [-0.3, -0.25) is 10.1 Å². The molecule has 9 heteroatoms. The number of hydrogen-bond acceptors (Lipinski definition) is 5. The van der Waals surface area contributed by atoms with Crippen molar-refractivity contribution >= 4 is 18.0 Å². The number of urea groups is 2. The molecule has 5 amide bonds. The van der Waals surface area contributed by atoms with Crippen LogP contribution >= 0.6 is 0 Å². The minimum atomic E-state index is -1.17. The molecule has 0 radical (unpaired) electrons. The maximum absolute atomic E-state index is 10.7. The van der Waals surface area contributed by atoms with Gasteiger partial charge in [0.2, 0.25) is 0 Å². The summed E-state index contributed by atoms with van der Waals surface area (Å²) in [6.07, 6.45) is -2.21. The predicted octanol–water partition coefficient (Wildman–Crippen LogP) is -2.86. The zero-order valence-electron chi connectivity index (χ0n) is 7.85. The lowest BCUT2D eigenvalue weighted by Crippen LogP contribution is -2.48. The highest BCUT2D eigenvalue weighted by Crippen LogP contribution is 1.86. The van der Waals surface area contributed by atoms with E-state index in [-0.39, 0.29) is 0 Å². The van der Waals surface area contributed by atoms with Crippen LogP contribution in [-0.2, 0) is 4.79 Å². The molecular weight excluding hydrogens is 208 g/mol. The normalized spacial score (nSPS) is 18.8. The first-order valence-electron chi connectivity index (χ1n) is 3.86. The van der Waals surface area contributed by atoms with Gasteiger partial charge in [-0.05, 0) is 6.92 Å². The second-order valence-corrected chi connectivity index (χ2v) is 2.54. The average Bonchev–Trinajstić information content (AvgIpc) is 2.27. The van der Waals surface area contributed by atoms with E-state index in [9.17, 15) is 14.4 Å². The third kappa shape index (κ3) is 6.23. The number of imide groups is 1. The van der Waals surface area contributed by atoms with Crippen molar-refractivity contribution in [1.82, 2.24) is 16.0 Å². The number of aliphatic hydroxyl groups excluding tert-OH is 1. The highest BCUT2D eigenvalue weighted by Gasteiger charge is 2.29. The Hall–Kier alpha value is -1.87. The van der Waals surface area contributed by atoms with Crippen LogP contribution in [0, 0.1) is 0 Å². The smallest absolute Gasteiger partial charge is 0.323 e. The van der Waals surface area contributed by atoms with Crippen LogP contribution in [0.25, 0.3) is 0 Å². The SMILES string of the molecule is CC(O)O.NC(=O)NC1NC(=O)NC1=O. The van der Waals surface area contributed by atoms with Gasteiger partial charge in [-0.1, -0.05) is 0 Å². The molecule has 7 N–H and O–H groups in total. The van der Waals surface area contributed by atoms with E-state index in [4.69, 9.17) is 15.9 Å². The van der Waals surface area contributed by atoms with E-state index < -0.39 is 30.4 Å². The van der Waals surface area contributed by atoms with Crippen LogP contribution < -0.4 is 21.7 Å². The van der Waals surface area contributed by atoms with E-state index in [1.54, 1.807) is 0 Å². The Morgan fingerprint density at radius 3 is 2.27 bits per heavy atom. The molecular formula is C6H12N4O5. The molecule has 86 valence electrons. The summed E-state index contributed by atoms with van der Waals surface area (Å²) in [5.41, 5.74) is 4.70. The van der Waals surface area contributed by atoms with Gasteiger partial charge in [-0.2, -0.15) is 0 Å². The summed E-state index contributed by atoms with van der Waals surface area (Å²) in [6.45, 7) is 1.28. The zero-order chi connectivity index (χ0) is 12.0. The molecule has 1 atom stereocenters. The van der Waals surface area contributed by atoms with Crippen LogP contribution in [0.1, 0.15) is 6.92 Å². The Labute approximate surface area is 84.6 Å². The Balaban J connectivity index is 0.000000423. The maximum Gasteiger partial charge on any atom is 0.323 e. The van der Waals surface area contributed by atoms with E-state index in [2.05, 4.69) is 5.32 Å². The molecule has 0 saturated carbocycles. The Morgan fingerprint density at radius 1 is 1.53 bits per heavy atom. The molecule has 1 rings (SSSR count). The fourth-order valence-corrected chi connectivity index (χ4v) is 0.661. The number of aliphatic hydroxyl groups is 2. The molecule has 1 aliphatic heterocycles. The molecule has 15 heavy (non-hydrogen) atoms. The number of primary amides is 1. The maximum atomic E-state index is 10.7. The predicted molar refractivity (Wildman–Crippen MR) is 47.1 cm³/mol. The van der Waals surface area contributed by atoms with Crippen molar-refractivity contribution in [2.45, 2.75) is 19.4 Å². The zero-order valence-corrected chi connectivity index (χ0v) is 7.85. The van der Waals surface area contributed by atoms with Gasteiger partial charge >= 0.3 is 12.1 Å². The van der Waals surface area contributed by atoms with Gasteiger partial charge in [0.05, 0.1) is 0 Å². The van der Waals surface area contributed by atoms with Crippen molar-refractivity contribution in [2.24, 2.45) is 5.73 Å². The minimum absolute atomic E-state index is 0.617. The summed E-state index contributed by atoms with van der Waals surface area (Å²) in [6, 6.07) is -1.51. The lowest BCUT2D eigenvalue weighted by Gasteiger charge is -2.05. The van der Waals surface area contributed by atoms with Gasteiger partial charge in [0.25, 0.3) is 5.91 Å². The van der Waals surface area contributed by atoms with E-state index in [0.29, 0.717) is 0 Å². The highest BCUT2D eigenvalue weighted by atomic mass is 16.5. The standard InChI is InChI=1S/C4H6N4O3.C2H6O2/c5-3(10)6-1-2(9)8-4(11)7-1;1-2(3)4/h1H,(H3,5,6,10)(H2,7,8,9,11);2-4H,1H3. The van der Waals surface area contributed by atoms with Gasteiger partial charge in [-0.15, -0.1) is 0 Å². The molecule has 1 unspecified atom stereocenters. The molecule has 0 aromatic heterocycles. The second kappa shape index (κ2) is 5.78. The highest BCUT2D eigenvalue weighted by molar-refractivity contribution is 6.05. The fraction of sp³-hybridized carbons (Fsp3) is 0.500. The topological polar surface area (TPSA) is 154 Å². The first kappa shape index (κ1) is 13.1. The summed E-state index contributed by atoms with van der Waals surface area (Å²) in [4.78, 5) is 31.3. The number of amides is 5. The molecule has 1 saturated heterocycles. The van der Waals surface area contributed by atoms with Crippen molar-refractivity contribution in [3.63, 3.8) is 0 Å². The van der Waals surface area contributed by atoms with Crippen LogP contribution in [0.4, 0.5) is 9.59 Å². The minimum Gasteiger partial charge on any atom is -0.368 e. The number of carbonyl (C=O) groups excluding carboxylic acids is 3. The second-order valence-electron chi connectivity index (χ2n) is 2.54. The van der Waals surface area contributed by atoms with Crippen LogP contribution in [0.15, 0.2) is 0 Å². The van der Waals surface area contributed by atoms with Crippen LogP contribution in [0.2, 0.25) is 0 Å². The third-order valence-electron chi connectivity index (χ3n) is 1.06. The summed E-state index contributed by atoms with van der Waals surface area (Å²) in [7, 11) is 0. The number of hydrogen-bond donors (Lipinski definition) is 6. The first-order chi connectivity index (χ1) is 6.82. The summed E-state index contributed by atoms with van der Waals surface area (Å²) in [5.74, 6) is -0.617. The quantitative estimate of drug-likeness (QED) is 0.207. The molecule has 1 fully saturated rings. The fourth-order valence-electron chi connectivity index (χ4n) is 0.661. The lowest BCUT2D eigenvalue weighted by atomic mass is 10.5. The van der Waals surface area contributed by atoms with Crippen molar-refractivity contribution in [3.05, 3.63) is 0 Å². The van der Waals surface area contributed by atoms with E-state index in [0.717, 1.165) is 0 Å². The number of carbonyl (C=O) groups is 3. The van der Waals surface area contributed by atoms with E-state index in [1.807, 2.05) is 10.6 Å². The Bertz CT molecular complexity index is 263. The van der Waals surface area contributed by atoms with E-state index >= 15 is 0 Å². The number of rotatable bonds is 1. The number of nitrogens with one attached hydrogen (secondary N) is 3. The number of nitrogens with two attached hydrogens (primary N) is 1. The van der Waals surface area contributed by atoms with Crippen molar-refractivity contribution in [1.29, 1.82) is 0 Å². The summed E-state index contributed by atoms with van der Waals surface area (Å²) >= 11 is 0. The molecule has 0 bridgehead atoms. The van der Waals surface area contributed by atoms with Crippen molar-refractivity contribution in [2.75, 3.05) is 0 Å². The van der Waals surface area contributed by atoms with Gasteiger partial charge in [0.15, 0.2) is 6.17 Å².